The molecule has 0 atom stereocenters. The molecule has 0 radical (unpaired) electrons. The Bertz CT molecular complexity index is 825. The van der Waals surface area contributed by atoms with Gasteiger partial charge in [-0.2, -0.15) is 5.10 Å². The quantitative estimate of drug-likeness (QED) is 0.764. The Kier molecular flexibility index (Phi) is 3.25. The van der Waals surface area contributed by atoms with Gasteiger partial charge in [-0.15, -0.1) is 0 Å². The molecule has 6 nitrogen and oxygen atoms in total. The van der Waals surface area contributed by atoms with Gasteiger partial charge >= 0.3 is 0 Å². The first-order valence-electron chi connectivity index (χ1n) is 6.00. The van der Waals surface area contributed by atoms with Gasteiger partial charge in [0.1, 0.15) is 0 Å². The number of aromatic amines is 1. The average molecular weight is 291 g/mol. The van der Waals surface area contributed by atoms with E-state index < -0.39 is 0 Å². The molecule has 2 N–H and O–H groups in total. The normalized spacial score (nSPS) is 11.1. The fraction of sp³-hybridized carbons (Fsp3) is 0.154. The van der Waals surface area contributed by atoms with E-state index in [1.165, 1.54) is 12.4 Å². The third-order valence-corrected chi connectivity index (χ3v) is 3.18. The number of benzene rings is 1. The van der Waals surface area contributed by atoms with Crippen molar-refractivity contribution in [3.63, 3.8) is 0 Å². The predicted molar refractivity (Wildman–Crippen MR) is 75.7 cm³/mol. The average Bonchev–Trinajstić information content (AvgIpc) is 2.81. The fourth-order valence-electron chi connectivity index (χ4n) is 2.17. The molecule has 7 heteroatoms. The lowest BCUT2D eigenvalue weighted by atomic mass is 10.1. The Hall–Kier alpha value is -2.18. The number of aliphatic hydroxyl groups is 1. The second kappa shape index (κ2) is 5.07. The van der Waals surface area contributed by atoms with Crippen molar-refractivity contribution in [3.8, 4) is 11.3 Å². The van der Waals surface area contributed by atoms with Crippen molar-refractivity contribution in [1.29, 1.82) is 0 Å². The van der Waals surface area contributed by atoms with Gasteiger partial charge in [0.05, 0.1) is 36.9 Å². The van der Waals surface area contributed by atoms with Crippen molar-refractivity contribution in [3.05, 3.63) is 46.1 Å². The maximum atomic E-state index is 11.4. The maximum Gasteiger partial charge on any atom is 0.251 e. The van der Waals surface area contributed by atoms with Crippen LogP contribution in [-0.2, 0) is 6.54 Å². The van der Waals surface area contributed by atoms with Crippen LogP contribution in [0.15, 0.2) is 35.5 Å². The van der Waals surface area contributed by atoms with E-state index >= 15 is 0 Å². The van der Waals surface area contributed by atoms with Crippen molar-refractivity contribution in [1.82, 2.24) is 19.7 Å². The zero-order valence-electron chi connectivity index (χ0n) is 10.4. The van der Waals surface area contributed by atoms with E-state index in [2.05, 4.69) is 15.1 Å². The van der Waals surface area contributed by atoms with Crippen LogP contribution in [0.3, 0.4) is 0 Å². The van der Waals surface area contributed by atoms with Crippen LogP contribution < -0.4 is 5.56 Å². The Morgan fingerprint density at radius 1 is 1.35 bits per heavy atom. The van der Waals surface area contributed by atoms with Crippen molar-refractivity contribution in [2.45, 2.75) is 6.54 Å². The summed E-state index contributed by atoms with van der Waals surface area (Å²) in [6.07, 6.45) is 3.02. The summed E-state index contributed by atoms with van der Waals surface area (Å²) >= 11 is 6.10. The first-order valence-corrected chi connectivity index (χ1v) is 6.38. The minimum Gasteiger partial charge on any atom is -0.394 e. The summed E-state index contributed by atoms with van der Waals surface area (Å²) in [5.41, 5.74) is 1.78. The molecule has 0 amide bonds. The summed E-state index contributed by atoms with van der Waals surface area (Å²) in [6.45, 7) is 0.336. The smallest absolute Gasteiger partial charge is 0.251 e. The second-order valence-corrected chi connectivity index (χ2v) is 4.72. The third-order valence-electron chi connectivity index (χ3n) is 2.96. The number of fused-ring (bicyclic) bond motifs is 1. The molecule has 0 saturated heterocycles. The first-order chi connectivity index (χ1) is 9.69. The topological polar surface area (TPSA) is 83.8 Å². The lowest BCUT2D eigenvalue weighted by molar-refractivity contribution is 0.272. The Labute approximate surface area is 118 Å². The SMILES string of the molecule is O=c1cc(-c2cc(Cl)cc3cnn(CCO)c23)nc[nH]1. The molecule has 0 saturated carbocycles. The monoisotopic (exact) mass is 290 g/mol. The summed E-state index contributed by atoms with van der Waals surface area (Å²) in [5, 5.41) is 14.7. The molecular formula is C13H11ClN4O2. The van der Waals surface area contributed by atoms with E-state index in [1.807, 2.05) is 0 Å². The predicted octanol–water partition coefficient (Wildman–Crippen LogP) is 1.43. The van der Waals surface area contributed by atoms with E-state index in [1.54, 1.807) is 23.0 Å². The maximum absolute atomic E-state index is 11.4. The number of aliphatic hydroxyl groups excluding tert-OH is 1. The highest BCUT2D eigenvalue weighted by atomic mass is 35.5. The number of aromatic nitrogens is 4. The number of nitrogens with zero attached hydrogens (tertiary/aromatic N) is 3. The van der Waals surface area contributed by atoms with Gasteiger partial charge < -0.3 is 10.1 Å². The molecule has 2 heterocycles. The first kappa shape index (κ1) is 12.8. The second-order valence-electron chi connectivity index (χ2n) is 4.28. The van der Waals surface area contributed by atoms with E-state index in [9.17, 15) is 4.79 Å². The lowest BCUT2D eigenvalue weighted by Gasteiger charge is -2.07. The van der Waals surface area contributed by atoms with Crippen LogP contribution in [0.1, 0.15) is 0 Å². The number of rotatable bonds is 3. The summed E-state index contributed by atoms with van der Waals surface area (Å²) in [5.74, 6) is 0. The molecule has 3 aromatic rings. The Balaban J connectivity index is 2.32. The van der Waals surface area contributed by atoms with Gasteiger partial charge in [0.15, 0.2) is 0 Å². The fourth-order valence-corrected chi connectivity index (χ4v) is 2.40. The van der Waals surface area contributed by atoms with Crippen LogP contribution in [0.4, 0.5) is 0 Å². The number of hydrogen-bond donors (Lipinski definition) is 2. The summed E-state index contributed by atoms with van der Waals surface area (Å²) in [4.78, 5) is 18.1. The highest BCUT2D eigenvalue weighted by molar-refractivity contribution is 6.31. The van der Waals surface area contributed by atoms with E-state index in [0.29, 0.717) is 22.8 Å². The number of hydrogen-bond acceptors (Lipinski definition) is 4. The molecule has 0 aliphatic carbocycles. The van der Waals surface area contributed by atoms with Crippen LogP contribution in [-0.4, -0.2) is 31.5 Å². The number of H-pyrrole nitrogens is 1. The Morgan fingerprint density at radius 2 is 2.20 bits per heavy atom. The van der Waals surface area contributed by atoms with Gasteiger partial charge in [-0.1, -0.05) is 11.6 Å². The largest absolute Gasteiger partial charge is 0.394 e. The van der Waals surface area contributed by atoms with Crippen LogP contribution in [0.25, 0.3) is 22.2 Å². The molecule has 0 bridgehead atoms. The standard InChI is InChI=1S/C13H11ClN4O2/c14-9-3-8-6-17-18(1-2-19)13(8)10(4-9)11-5-12(20)16-7-15-11/h3-7,19H,1-2H2,(H,15,16,20). The van der Waals surface area contributed by atoms with Gasteiger partial charge in [0, 0.05) is 22.0 Å². The van der Waals surface area contributed by atoms with Crippen molar-refractivity contribution < 1.29 is 5.11 Å². The lowest BCUT2D eigenvalue weighted by Crippen LogP contribution is -2.07. The van der Waals surface area contributed by atoms with E-state index in [0.717, 1.165) is 10.9 Å². The minimum atomic E-state index is -0.239. The van der Waals surface area contributed by atoms with Gasteiger partial charge in [-0.25, -0.2) is 4.98 Å². The molecule has 0 aliphatic heterocycles. The van der Waals surface area contributed by atoms with E-state index in [4.69, 9.17) is 16.7 Å². The van der Waals surface area contributed by atoms with Crippen molar-refractivity contribution in [2.75, 3.05) is 6.61 Å². The summed E-state index contributed by atoms with van der Waals surface area (Å²) < 4.78 is 1.67. The zero-order valence-corrected chi connectivity index (χ0v) is 11.1. The molecule has 0 unspecified atom stereocenters. The zero-order chi connectivity index (χ0) is 14.1. The molecule has 0 spiro atoms. The number of halogens is 1. The molecular weight excluding hydrogens is 280 g/mol. The van der Waals surface area contributed by atoms with Crippen molar-refractivity contribution >= 4 is 22.5 Å². The summed E-state index contributed by atoms with van der Waals surface area (Å²) in [7, 11) is 0. The van der Waals surface area contributed by atoms with Gasteiger partial charge in [0.2, 0.25) is 0 Å². The van der Waals surface area contributed by atoms with Crippen LogP contribution in [0, 0.1) is 0 Å². The number of nitrogens with one attached hydrogen (secondary N) is 1. The van der Waals surface area contributed by atoms with E-state index in [-0.39, 0.29) is 12.2 Å². The van der Waals surface area contributed by atoms with Gasteiger partial charge in [-0.05, 0) is 12.1 Å². The highest BCUT2D eigenvalue weighted by Gasteiger charge is 2.12. The minimum absolute atomic E-state index is 0.0261. The third kappa shape index (κ3) is 2.19. The van der Waals surface area contributed by atoms with Crippen LogP contribution in [0.2, 0.25) is 5.02 Å². The molecule has 0 fully saturated rings. The highest BCUT2D eigenvalue weighted by Crippen LogP contribution is 2.30. The summed E-state index contributed by atoms with van der Waals surface area (Å²) in [6, 6.07) is 4.93. The molecule has 2 aromatic heterocycles. The Morgan fingerprint density at radius 3 is 2.95 bits per heavy atom. The van der Waals surface area contributed by atoms with Gasteiger partial charge in [-0.3, -0.25) is 9.48 Å². The van der Waals surface area contributed by atoms with Crippen molar-refractivity contribution in [2.24, 2.45) is 0 Å². The van der Waals surface area contributed by atoms with Gasteiger partial charge in [0.25, 0.3) is 5.56 Å². The molecule has 3 rings (SSSR count). The van der Waals surface area contributed by atoms with Crippen LogP contribution >= 0.6 is 11.6 Å². The molecule has 0 aliphatic rings. The molecule has 102 valence electrons. The van der Waals surface area contributed by atoms with Crippen LogP contribution in [0.5, 0.6) is 0 Å². The molecule has 20 heavy (non-hydrogen) atoms. The molecule has 1 aromatic carbocycles.